The minimum atomic E-state index is -0.744. The van der Waals surface area contributed by atoms with E-state index in [9.17, 15) is 9.90 Å². The van der Waals surface area contributed by atoms with Crippen molar-refractivity contribution < 1.29 is 9.90 Å². The van der Waals surface area contributed by atoms with E-state index in [-0.39, 0.29) is 5.92 Å². The number of aromatic nitrogens is 3. The molecule has 3 heterocycles. The lowest BCUT2D eigenvalue weighted by molar-refractivity contribution is -0.141. The minimum absolute atomic E-state index is 0.368. The van der Waals surface area contributed by atoms with Crippen LogP contribution in [0.15, 0.2) is 29.3 Å². The van der Waals surface area contributed by atoms with Gasteiger partial charge in [-0.25, -0.2) is 0 Å². The maximum absolute atomic E-state index is 11.5. The quantitative estimate of drug-likeness (QED) is 0.717. The molecule has 1 aliphatic heterocycles. The maximum atomic E-state index is 11.5. The molecule has 6 nitrogen and oxygen atoms in total. The van der Waals surface area contributed by atoms with E-state index in [2.05, 4.69) is 14.8 Å². The van der Waals surface area contributed by atoms with Gasteiger partial charge in [-0.1, -0.05) is 23.7 Å². The van der Waals surface area contributed by atoms with E-state index in [4.69, 9.17) is 16.6 Å². The number of carboxylic acids is 1. The summed E-state index contributed by atoms with van der Waals surface area (Å²) in [6.45, 7) is 2.36. The zero-order chi connectivity index (χ0) is 18.7. The number of hydrogen-bond donors (Lipinski definition) is 1. The average molecular weight is 399 g/mol. The van der Waals surface area contributed by atoms with Crippen molar-refractivity contribution in [3.63, 3.8) is 0 Å². The van der Waals surface area contributed by atoms with Crippen molar-refractivity contribution in [3.8, 4) is 5.00 Å². The summed E-state index contributed by atoms with van der Waals surface area (Å²) in [7, 11) is 0. The van der Waals surface area contributed by atoms with Crippen molar-refractivity contribution in [1.82, 2.24) is 14.8 Å². The molecule has 8 heteroatoms. The first-order chi connectivity index (χ1) is 13.0. The zero-order valence-electron chi connectivity index (χ0n) is 14.4. The predicted molar refractivity (Wildman–Crippen MR) is 103 cm³/mol. The van der Waals surface area contributed by atoms with Crippen molar-refractivity contribution in [2.75, 3.05) is 0 Å². The Hall–Kier alpha value is -2.51. The Bertz CT molecular complexity index is 1110. The van der Waals surface area contributed by atoms with Crippen molar-refractivity contribution >= 4 is 34.6 Å². The lowest BCUT2D eigenvalue weighted by Crippen LogP contribution is -2.15. The second-order valence-electron chi connectivity index (χ2n) is 6.80. The fourth-order valence-corrected chi connectivity index (χ4v) is 5.45. The molecule has 5 rings (SSSR count). The highest BCUT2D eigenvalue weighted by molar-refractivity contribution is 7.15. The standard InChI is InChI=1S/C19H15ClN4O2S/c1-9-22-23-15-8-21-17(10-2-4-12(20)5-3-10)16-13-6-11(19(25)26)7-14(13)27-18(16)24(9)15/h2-5,11H,6-8H2,1H3,(H,25,26). The Balaban J connectivity index is 1.74. The molecule has 1 N–H and O–H groups in total. The smallest absolute Gasteiger partial charge is 0.307 e. The number of nitrogens with zero attached hydrogens (tertiary/aromatic N) is 4. The van der Waals surface area contributed by atoms with Gasteiger partial charge in [-0.2, -0.15) is 0 Å². The first-order valence-corrected chi connectivity index (χ1v) is 9.81. The van der Waals surface area contributed by atoms with Crippen LogP contribution in [-0.4, -0.2) is 31.6 Å². The lowest BCUT2D eigenvalue weighted by Gasteiger charge is -2.11. The molecule has 0 amide bonds. The molecule has 2 aromatic heterocycles. The fraction of sp³-hybridized carbons (Fsp3) is 0.263. The summed E-state index contributed by atoms with van der Waals surface area (Å²) in [5.74, 6) is 0.501. The number of fused-ring (bicyclic) bond motifs is 5. The summed E-state index contributed by atoms with van der Waals surface area (Å²) >= 11 is 7.70. The van der Waals surface area contributed by atoms with Crippen LogP contribution < -0.4 is 0 Å². The molecular weight excluding hydrogens is 384 g/mol. The second-order valence-corrected chi connectivity index (χ2v) is 8.32. The van der Waals surface area contributed by atoms with Gasteiger partial charge < -0.3 is 5.11 Å². The third kappa shape index (κ3) is 2.53. The third-order valence-electron chi connectivity index (χ3n) is 5.13. The number of carboxylic acid groups (broad SMARTS) is 1. The largest absolute Gasteiger partial charge is 0.481 e. The second kappa shape index (κ2) is 6.00. The van der Waals surface area contributed by atoms with Gasteiger partial charge in [0.15, 0.2) is 5.82 Å². The van der Waals surface area contributed by atoms with E-state index >= 15 is 0 Å². The molecule has 1 atom stereocenters. The number of hydrogen-bond acceptors (Lipinski definition) is 5. The first-order valence-electron chi connectivity index (χ1n) is 8.62. The Morgan fingerprint density at radius 2 is 2.04 bits per heavy atom. The van der Waals surface area contributed by atoms with Crippen molar-refractivity contribution in [1.29, 1.82) is 0 Å². The molecule has 0 bridgehead atoms. The molecule has 1 aliphatic carbocycles. The fourth-order valence-electron chi connectivity index (χ4n) is 3.84. The van der Waals surface area contributed by atoms with E-state index in [1.54, 1.807) is 11.3 Å². The summed E-state index contributed by atoms with van der Waals surface area (Å²) in [5, 5.41) is 19.7. The monoisotopic (exact) mass is 398 g/mol. The minimum Gasteiger partial charge on any atom is -0.481 e. The van der Waals surface area contributed by atoms with Crippen LogP contribution in [0.3, 0.4) is 0 Å². The van der Waals surface area contributed by atoms with E-state index in [0.29, 0.717) is 24.4 Å². The highest BCUT2D eigenvalue weighted by Gasteiger charge is 2.36. The predicted octanol–water partition coefficient (Wildman–Crippen LogP) is 3.44. The van der Waals surface area contributed by atoms with Gasteiger partial charge in [0.1, 0.15) is 17.4 Å². The van der Waals surface area contributed by atoms with Crippen LogP contribution in [0.1, 0.15) is 33.2 Å². The molecule has 0 fully saturated rings. The van der Waals surface area contributed by atoms with Crippen LogP contribution >= 0.6 is 22.9 Å². The lowest BCUT2D eigenvalue weighted by atomic mass is 9.98. The number of rotatable bonds is 2. The van der Waals surface area contributed by atoms with Crippen LogP contribution in [0.25, 0.3) is 5.00 Å². The Labute approximate surface area is 164 Å². The molecule has 0 spiro atoms. The molecule has 27 heavy (non-hydrogen) atoms. The van der Waals surface area contributed by atoms with E-state index < -0.39 is 5.97 Å². The van der Waals surface area contributed by atoms with Gasteiger partial charge in [0, 0.05) is 21.0 Å². The molecule has 136 valence electrons. The van der Waals surface area contributed by atoms with Crippen LogP contribution in [-0.2, 0) is 24.2 Å². The van der Waals surface area contributed by atoms with Gasteiger partial charge in [-0.3, -0.25) is 14.4 Å². The van der Waals surface area contributed by atoms with Gasteiger partial charge >= 0.3 is 5.97 Å². The molecule has 0 saturated carbocycles. The molecule has 2 aliphatic rings. The molecule has 1 unspecified atom stereocenters. The van der Waals surface area contributed by atoms with Crippen LogP contribution in [0.4, 0.5) is 0 Å². The van der Waals surface area contributed by atoms with Crippen LogP contribution in [0, 0.1) is 12.8 Å². The number of benzene rings is 1. The highest BCUT2D eigenvalue weighted by atomic mass is 35.5. The number of halogens is 1. The van der Waals surface area contributed by atoms with Gasteiger partial charge in [0.25, 0.3) is 0 Å². The molecule has 0 radical (unpaired) electrons. The summed E-state index contributed by atoms with van der Waals surface area (Å²) in [6.07, 6.45) is 1.09. The molecule has 0 saturated heterocycles. The SMILES string of the molecule is Cc1nnc2n1-c1sc3c(c1C(c1ccc(Cl)cc1)=NC2)CC(C(=O)O)C3. The van der Waals surface area contributed by atoms with Crippen molar-refractivity contribution in [3.05, 3.63) is 62.5 Å². The first kappa shape index (κ1) is 16.6. The van der Waals surface area contributed by atoms with E-state index in [1.165, 1.54) is 0 Å². The Morgan fingerprint density at radius 1 is 1.26 bits per heavy atom. The van der Waals surface area contributed by atoms with Crippen molar-refractivity contribution in [2.45, 2.75) is 26.3 Å². The average Bonchev–Trinajstić information content (AvgIpc) is 3.27. The number of aliphatic carboxylic acids is 1. The van der Waals surface area contributed by atoms with Gasteiger partial charge in [0.05, 0.1) is 11.6 Å². The molecule has 1 aromatic carbocycles. The summed E-state index contributed by atoms with van der Waals surface area (Å²) in [5.41, 5.74) is 3.95. The Morgan fingerprint density at radius 3 is 2.78 bits per heavy atom. The zero-order valence-corrected chi connectivity index (χ0v) is 16.0. The normalized spacial score (nSPS) is 17.7. The maximum Gasteiger partial charge on any atom is 0.307 e. The summed E-state index contributed by atoms with van der Waals surface area (Å²) in [4.78, 5) is 17.5. The van der Waals surface area contributed by atoms with Crippen molar-refractivity contribution in [2.24, 2.45) is 10.9 Å². The summed E-state index contributed by atoms with van der Waals surface area (Å²) in [6, 6.07) is 7.61. The van der Waals surface area contributed by atoms with E-state index in [0.717, 1.165) is 43.9 Å². The molecular formula is C19H15ClN4O2S. The van der Waals surface area contributed by atoms with Gasteiger partial charge in [-0.15, -0.1) is 21.5 Å². The number of aryl methyl sites for hydroxylation is 1. The summed E-state index contributed by atoms with van der Waals surface area (Å²) < 4.78 is 2.06. The van der Waals surface area contributed by atoms with E-state index in [1.807, 2.05) is 31.2 Å². The van der Waals surface area contributed by atoms with Gasteiger partial charge in [-0.05, 0) is 37.5 Å². The third-order valence-corrected chi connectivity index (χ3v) is 6.62. The Kier molecular flexibility index (Phi) is 3.70. The number of thiophene rings is 1. The topological polar surface area (TPSA) is 80.4 Å². The van der Waals surface area contributed by atoms with Gasteiger partial charge in [0.2, 0.25) is 0 Å². The molecule has 3 aromatic rings. The number of carbonyl (C=O) groups is 1. The number of aliphatic imine (C=N–C) groups is 1. The van der Waals surface area contributed by atoms with Crippen LogP contribution in [0.2, 0.25) is 5.02 Å². The van der Waals surface area contributed by atoms with Crippen LogP contribution in [0.5, 0.6) is 0 Å². The highest BCUT2D eigenvalue weighted by Crippen LogP contribution is 2.43.